The standard InChI is InChI=1S/C15H21N3O/c1-11(16-2)12-7-9-18(10-8-12)15-17-13-5-3-4-6-14(13)19-15/h3-6,11-12,16H,7-10H2,1-2H3. The number of anilines is 1. The van der Waals surface area contributed by atoms with Crippen molar-refractivity contribution < 1.29 is 4.42 Å². The molecule has 0 spiro atoms. The minimum atomic E-state index is 0.589. The van der Waals surface area contributed by atoms with E-state index in [0.717, 1.165) is 36.1 Å². The highest BCUT2D eigenvalue weighted by atomic mass is 16.4. The molecule has 1 aromatic heterocycles. The molecule has 3 rings (SSSR count). The first-order valence-corrected chi connectivity index (χ1v) is 7.05. The second-order valence-corrected chi connectivity index (χ2v) is 5.37. The van der Waals surface area contributed by atoms with Crippen molar-refractivity contribution in [3.8, 4) is 0 Å². The Bertz CT molecular complexity index is 510. The Morgan fingerprint density at radius 1 is 1.32 bits per heavy atom. The van der Waals surface area contributed by atoms with Crippen LogP contribution in [0.1, 0.15) is 19.8 Å². The normalized spacial score (nSPS) is 18.9. The van der Waals surface area contributed by atoms with Gasteiger partial charge in [-0.25, -0.2) is 0 Å². The van der Waals surface area contributed by atoms with E-state index in [9.17, 15) is 0 Å². The highest BCUT2D eigenvalue weighted by Gasteiger charge is 2.25. The van der Waals surface area contributed by atoms with Gasteiger partial charge in [0.1, 0.15) is 5.52 Å². The molecule has 1 N–H and O–H groups in total. The van der Waals surface area contributed by atoms with Gasteiger partial charge in [0.05, 0.1) is 0 Å². The van der Waals surface area contributed by atoms with E-state index in [0.29, 0.717) is 6.04 Å². The zero-order valence-electron chi connectivity index (χ0n) is 11.6. The lowest BCUT2D eigenvalue weighted by molar-refractivity contribution is 0.317. The number of benzene rings is 1. The summed E-state index contributed by atoms with van der Waals surface area (Å²) in [5.41, 5.74) is 1.83. The van der Waals surface area contributed by atoms with Crippen molar-refractivity contribution in [3.05, 3.63) is 24.3 Å². The Morgan fingerprint density at radius 3 is 2.74 bits per heavy atom. The first kappa shape index (κ1) is 12.5. The van der Waals surface area contributed by atoms with Crippen LogP contribution in [0.15, 0.2) is 28.7 Å². The van der Waals surface area contributed by atoms with Crippen molar-refractivity contribution >= 4 is 17.1 Å². The number of nitrogens with zero attached hydrogens (tertiary/aromatic N) is 2. The van der Waals surface area contributed by atoms with Crippen molar-refractivity contribution in [2.24, 2.45) is 5.92 Å². The summed E-state index contributed by atoms with van der Waals surface area (Å²) >= 11 is 0. The van der Waals surface area contributed by atoms with Gasteiger partial charge in [0.15, 0.2) is 5.58 Å². The lowest BCUT2D eigenvalue weighted by Gasteiger charge is -2.33. The number of fused-ring (bicyclic) bond motifs is 1. The molecule has 2 aromatic rings. The highest BCUT2D eigenvalue weighted by Crippen LogP contribution is 2.27. The Morgan fingerprint density at radius 2 is 2.05 bits per heavy atom. The van der Waals surface area contributed by atoms with Crippen LogP contribution in [0.25, 0.3) is 11.1 Å². The molecule has 4 nitrogen and oxygen atoms in total. The van der Waals surface area contributed by atoms with Crippen molar-refractivity contribution in [1.29, 1.82) is 0 Å². The van der Waals surface area contributed by atoms with Crippen LogP contribution in [-0.2, 0) is 0 Å². The van der Waals surface area contributed by atoms with Gasteiger partial charge < -0.3 is 14.6 Å². The summed E-state index contributed by atoms with van der Waals surface area (Å²) in [6.07, 6.45) is 2.39. The molecule has 19 heavy (non-hydrogen) atoms. The van der Waals surface area contributed by atoms with E-state index in [1.807, 2.05) is 31.3 Å². The second kappa shape index (κ2) is 5.21. The largest absolute Gasteiger partial charge is 0.423 e. The van der Waals surface area contributed by atoms with Crippen LogP contribution in [0.2, 0.25) is 0 Å². The monoisotopic (exact) mass is 259 g/mol. The van der Waals surface area contributed by atoms with E-state index in [1.54, 1.807) is 0 Å². The third-order valence-corrected chi connectivity index (χ3v) is 4.26. The average Bonchev–Trinajstić information content (AvgIpc) is 2.90. The van der Waals surface area contributed by atoms with Gasteiger partial charge in [-0.1, -0.05) is 12.1 Å². The smallest absolute Gasteiger partial charge is 0.298 e. The molecule has 1 aliphatic rings. The van der Waals surface area contributed by atoms with Gasteiger partial charge in [0.25, 0.3) is 6.01 Å². The summed E-state index contributed by atoms with van der Waals surface area (Å²) in [5.74, 6) is 0.755. The van der Waals surface area contributed by atoms with E-state index < -0.39 is 0 Å². The van der Waals surface area contributed by atoms with E-state index >= 15 is 0 Å². The summed E-state index contributed by atoms with van der Waals surface area (Å²) in [5, 5.41) is 3.35. The van der Waals surface area contributed by atoms with Crippen LogP contribution in [0.3, 0.4) is 0 Å². The van der Waals surface area contributed by atoms with Gasteiger partial charge in [-0.15, -0.1) is 0 Å². The molecular weight excluding hydrogens is 238 g/mol. The molecule has 1 atom stereocenters. The van der Waals surface area contributed by atoms with Gasteiger partial charge in [0, 0.05) is 19.1 Å². The van der Waals surface area contributed by atoms with Crippen LogP contribution in [0, 0.1) is 5.92 Å². The van der Waals surface area contributed by atoms with Crippen molar-refractivity contribution in [2.45, 2.75) is 25.8 Å². The molecule has 2 heterocycles. The third kappa shape index (κ3) is 2.45. The number of piperidine rings is 1. The molecule has 0 aliphatic carbocycles. The van der Waals surface area contributed by atoms with Crippen LogP contribution in [0.4, 0.5) is 6.01 Å². The fourth-order valence-electron chi connectivity index (χ4n) is 2.82. The molecule has 0 bridgehead atoms. The van der Waals surface area contributed by atoms with Crippen molar-refractivity contribution in [3.63, 3.8) is 0 Å². The topological polar surface area (TPSA) is 41.3 Å². The maximum atomic E-state index is 5.83. The number of rotatable bonds is 3. The molecule has 1 aromatic carbocycles. The molecule has 1 saturated heterocycles. The molecule has 0 saturated carbocycles. The molecule has 102 valence electrons. The molecule has 0 amide bonds. The summed E-state index contributed by atoms with van der Waals surface area (Å²) in [6.45, 7) is 4.33. The summed E-state index contributed by atoms with van der Waals surface area (Å²) in [7, 11) is 2.04. The zero-order valence-corrected chi connectivity index (χ0v) is 11.6. The Balaban J connectivity index is 1.71. The summed E-state index contributed by atoms with van der Waals surface area (Å²) in [4.78, 5) is 6.83. The van der Waals surface area contributed by atoms with Gasteiger partial charge in [-0.2, -0.15) is 4.98 Å². The molecule has 1 fully saturated rings. The number of nitrogens with one attached hydrogen (secondary N) is 1. The van der Waals surface area contributed by atoms with Crippen LogP contribution in [-0.4, -0.2) is 31.2 Å². The predicted molar refractivity (Wildman–Crippen MR) is 77.5 cm³/mol. The number of aromatic nitrogens is 1. The lowest BCUT2D eigenvalue weighted by Crippen LogP contribution is -2.41. The van der Waals surface area contributed by atoms with E-state index in [1.165, 1.54) is 12.8 Å². The average molecular weight is 259 g/mol. The predicted octanol–water partition coefficient (Wildman–Crippen LogP) is 2.65. The summed E-state index contributed by atoms with van der Waals surface area (Å²) < 4.78 is 5.83. The van der Waals surface area contributed by atoms with Crippen LogP contribution in [0.5, 0.6) is 0 Å². The van der Waals surface area contributed by atoms with Gasteiger partial charge in [-0.05, 0) is 44.9 Å². The first-order chi connectivity index (χ1) is 9.28. The zero-order chi connectivity index (χ0) is 13.2. The SMILES string of the molecule is CNC(C)C1CCN(c2nc3ccccc3o2)CC1. The van der Waals surface area contributed by atoms with Crippen molar-refractivity contribution in [2.75, 3.05) is 25.0 Å². The highest BCUT2D eigenvalue weighted by molar-refractivity contribution is 5.74. The minimum absolute atomic E-state index is 0.589. The first-order valence-electron chi connectivity index (χ1n) is 7.05. The van der Waals surface area contributed by atoms with Crippen LogP contribution >= 0.6 is 0 Å². The van der Waals surface area contributed by atoms with E-state index in [2.05, 4.69) is 22.1 Å². The second-order valence-electron chi connectivity index (χ2n) is 5.37. The van der Waals surface area contributed by atoms with Gasteiger partial charge >= 0.3 is 0 Å². The fraction of sp³-hybridized carbons (Fsp3) is 0.533. The molecular formula is C15H21N3O. The van der Waals surface area contributed by atoms with Crippen molar-refractivity contribution in [1.82, 2.24) is 10.3 Å². The number of hydrogen-bond donors (Lipinski definition) is 1. The van der Waals surface area contributed by atoms with Gasteiger partial charge in [-0.3, -0.25) is 0 Å². The Kier molecular flexibility index (Phi) is 3.42. The van der Waals surface area contributed by atoms with E-state index in [4.69, 9.17) is 4.42 Å². The van der Waals surface area contributed by atoms with Gasteiger partial charge in [0.2, 0.25) is 0 Å². The number of para-hydroxylation sites is 2. The molecule has 0 radical (unpaired) electrons. The maximum Gasteiger partial charge on any atom is 0.298 e. The lowest BCUT2D eigenvalue weighted by atomic mass is 9.91. The summed E-state index contributed by atoms with van der Waals surface area (Å²) in [6, 6.07) is 9.32. The third-order valence-electron chi connectivity index (χ3n) is 4.26. The van der Waals surface area contributed by atoms with Crippen LogP contribution < -0.4 is 10.2 Å². The Hall–Kier alpha value is -1.55. The fourth-order valence-corrected chi connectivity index (χ4v) is 2.82. The molecule has 1 unspecified atom stereocenters. The maximum absolute atomic E-state index is 5.83. The number of oxazole rings is 1. The molecule has 4 heteroatoms. The number of hydrogen-bond acceptors (Lipinski definition) is 4. The van der Waals surface area contributed by atoms with E-state index in [-0.39, 0.29) is 0 Å². The quantitative estimate of drug-likeness (QED) is 0.920. The Labute approximate surface area is 113 Å². The minimum Gasteiger partial charge on any atom is -0.423 e. The molecule has 1 aliphatic heterocycles.